The number of carbonyl (C=O) groups excluding carboxylic acids is 1. The molecule has 0 fully saturated rings. The number of amides is 1. The normalized spacial score (nSPS) is 11.1. The molecule has 136 valence electrons. The van der Waals surface area contributed by atoms with E-state index in [1.807, 2.05) is 20.9 Å². The Hall–Kier alpha value is -2.93. The third kappa shape index (κ3) is 3.13. The molecule has 0 aliphatic carbocycles. The van der Waals surface area contributed by atoms with Gasteiger partial charge in [-0.1, -0.05) is 18.2 Å². The molecule has 0 saturated heterocycles. The number of aliphatic hydroxyl groups is 1. The fourth-order valence-corrected chi connectivity index (χ4v) is 3.17. The summed E-state index contributed by atoms with van der Waals surface area (Å²) in [6.45, 7) is 4.25. The Morgan fingerprint density at radius 1 is 1.27 bits per heavy atom. The van der Waals surface area contributed by atoms with Crippen molar-refractivity contribution in [2.24, 2.45) is 7.05 Å². The summed E-state index contributed by atoms with van der Waals surface area (Å²) in [7, 11) is 1.86. The lowest BCUT2D eigenvalue weighted by Crippen LogP contribution is -2.34. The van der Waals surface area contributed by atoms with Gasteiger partial charge in [0.2, 0.25) is 0 Å². The van der Waals surface area contributed by atoms with Crippen LogP contribution in [0.25, 0.3) is 10.8 Å². The topological polar surface area (TPSA) is 91.2 Å². The Bertz CT molecular complexity index is 1020. The van der Waals surface area contributed by atoms with Crippen LogP contribution < -0.4 is 5.56 Å². The van der Waals surface area contributed by atoms with Gasteiger partial charge in [-0.25, -0.2) is 0 Å². The Kier molecular flexibility index (Phi) is 4.90. The molecule has 0 atom stereocenters. The monoisotopic (exact) mass is 354 g/mol. The van der Waals surface area contributed by atoms with Crippen LogP contribution in [0.5, 0.6) is 0 Å². The average Bonchev–Trinajstić information content (AvgIpc) is 2.87. The predicted molar refractivity (Wildman–Crippen MR) is 99.1 cm³/mol. The lowest BCUT2D eigenvalue weighted by atomic mass is 10.1. The van der Waals surface area contributed by atoms with Crippen molar-refractivity contribution in [1.29, 1.82) is 0 Å². The second-order valence-electron chi connectivity index (χ2n) is 6.30. The molecule has 3 rings (SSSR count). The highest BCUT2D eigenvalue weighted by molar-refractivity contribution is 6.06. The Morgan fingerprint density at radius 2 is 1.96 bits per heavy atom. The van der Waals surface area contributed by atoms with E-state index in [0.717, 1.165) is 17.0 Å². The van der Waals surface area contributed by atoms with Crippen molar-refractivity contribution in [3.05, 3.63) is 63.3 Å². The first-order valence-corrected chi connectivity index (χ1v) is 8.43. The molecule has 0 unspecified atom stereocenters. The first-order valence-electron chi connectivity index (χ1n) is 8.43. The minimum absolute atomic E-state index is 0.147. The molecule has 3 aromatic rings. The molecule has 0 aliphatic rings. The highest BCUT2D eigenvalue weighted by Gasteiger charge is 2.21. The number of H-pyrrole nitrogens is 1. The number of carbonyl (C=O) groups is 1. The van der Waals surface area contributed by atoms with E-state index in [9.17, 15) is 14.7 Å². The molecular weight excluding hydrogens is 332 g/mol. The van der Waals surface area contributed by atoms with Crippen molar-refractivity contribution < 1.29 is 9.90 Å². The van der Waals surface area contributed by atoms with Crippen LogP contribution in [0.15, 0.2) is 35.3 Å². The number of hydrogen-bond donors (Lipinski definition) is 2. The van der Waals surface area contributed by atoms with Crippen molar-refractivity contribution in [2.45, 2.75) is 20.4 Å². The van der Waals surface area contributed by atoms with E-state index >= 15 is 0 Å². The maximum Gasteiger partial charge on any atom is 0.256 e. The van der Waals surface area contributed by atoms with Crippen molar-refractivity contribution in [2.75, 3.05) is 13.2 Å². The molecule has 0 saturated carbocycles. The standard InChI is InChI=1S/C19H22N4O3/c1-12-17(13(2)22(3)21-12)11-23(8-9-24)19(26)16-10-20-18(25)15-7-5-4-6-14(15)16/h4-7,10,24H,8-9,11H2,1-3H3,(H,20,25). The van der Waals surface area contributed by atoms with Gasteiger partial charge in [0, 0.05) is 48.4 Å². The minimum atomic E-state index is -0.242. The highest BCUT2D eigenvalue weighted by Crippen LogP contribution is 2.20. The van der Waals surface area contributed by atoms with E-state index in [-0.39, 0.29) is 24.6 Å². The van der Waals surface area contributed by atoms with Crippen LogP contribution in [-0.2, 0) is 13.6 Å². The first kappa shape index (κ1) is 17.9. The lowest BCUT2D eigenvalue weighted by Gasteiger charge is -2.23. The molecule has 1 aromatic carbocycles. The van der Waals surface area contributed by atoms with Gasteiger partial charge in [0.05, 0.1) is 17.9 Å². The van der Waals surface area contributed by atoms with Crippen LogP contribution in [0.4, 0.5) is 0 Å². The van der Waals surface area contributed by atoms with Crippen molar-refractivity contribution in [3.8, 4) is 0 Å². The van der Waals surface area contributed by atoms with E-state index in [1.165, 1.54) is 6.20 Å². The van der Waals surface area contributed by atoms with Crippen molar-refractivity contribution in [1.82, 2.24) is 19.7 Å². The zero-order valence-electron chi connectivity index (χ0n) is 15.1. The van der Waals surface area contributed by atoms with Crippen molar-refractivity contribution in [3.63, 3.8) is 0 Å². The summed E-state index contributed by atoms with van der Waals surface area (Å²) in [5.41, 5.74) is 2.97. The van der Waals surface area contributed by atoms with Gasteiger partial charge in [0.25, 0.3) is 11.5 Å². The fourth-order valence-electron chi connectivity index (χ4n) is 3.17. The van der Waals surface area contributed by atoms with E-state index < -0.39 is 0 Å². The summed E-state index contributed by atoms with van der Waals surface area (Å²) in [5.74, 6) is -0.242. The van der Waals surface area contributed by atoms with Gasteiger partial charge < -0.3 is 15.0 Å². The number of fused-ring (bicyclic) bond motifs is 1. The summed E-state index contributed by atoms with van der Waals surface area (Å²) >= 11 is 0. The average molecular weight is 354 g/mol. The van der Waals surface area contributed by atoms with Crippen LogP contribution in [0.2, 0.25) is 0 Å². The third-order valence-electron chi connectivity index (χ3n) is 4.70. The Morgan fingerprint density at radius 3 is 2.58 bits per heavy atom. The first-order chi connectivity index (χ1) is 12.4. The molecule has 7 nitrogen and oxygen atoms in total. The van der Waals surface area contributed by atoms with Gasteiger partial charge in [0.1, 0.15) is 0 Å². The second kappa shape index (κ2) is 7.13. The lowest BCUT2D eigenvalue weighted by molar-refractivity contribution is 0.0709. The van der Waals surface area contributed by atoms with E-state index in [0.29, 0.717) is 22.9 Å². The number of nitrogens with one attached hydrogen (secondary N) is 1. The smallest absolute Gasteiger partial charge is 0.256 e. The Balaban J connectivity index is 2.03. The maximum absolute atomic E-state index is 13.2. The van der Waals surface area contributed by atoms with Crippen LogP contribution in [0, 0.1) is 13.8 Å². The molecule has 1 amide bonds. The highest BCUT2D eigenvalue weighted by atomic mass is 16.3. The summed E-state index contributed by atoms with van der Waals surface area (Å²) in [6.07, 6.45) is 1.44. The van der Waals surface area contributed by atoms with E-state index in [4.69, 9.17) is 0 Å². The number of aromatic nitrogens is 3. The summed E-state index contributed by atoms with van der Waals surface area (Å²) < 4.78 is 1.78. The predicted octanol–water partition coefficient (Wildman–Crippen LogP) is 1.51. The second-order valence-corrected chi connectivity index (χ2v) is 6.30. The van der Waals surface area contributed by atoms with E-state index in [2.05, 4.69) is 10.1 Å². The molecule has 0 spiro atoms. The van der Waals surface area contributed by atoms with Gasteiger partial charge in [-0.2, -0.15) is 5.10 Å². The number of pyridine rings is 1. The SMILES string of the molecule is Cc1nn(C)c(C)c1CN(CCO)C(=O)c1c[nH]c(=O)c2ccccc12. The van der Waals surface area contributed by atoms with Crippen molar-refractivity contribution >= 4 is 16.7 Å². The number of aryl methyl sites for hydroxylation is 2. The molecule has 2 aromatic heterocycles. The minimum Gasteiger partial charge on any atom is -0.395 e. The molecule has 0 aliphatic heterocycles. The van der Waals surface area contributed by atoms with Gasteiger partial charge in [0.15, 0.2) is 0 Å². The third-order valence-corrected chi connectivity index (χ3v) is 4.70. The summed E-state index contributed by atoms with van der Waals surface area (Å²) in [4.78, 5) is 29.4. The van der Waals surface area contributed by atoms with Crippen LogP contribution >= 0.6 is 0 Å². The molecule has 0 bridgehead atoms. The van der Waals surface area contributed by atoms with Crippen LogP contribution in [0.1, 0.15) is 27.3 Å². The van der Waals surface area contributed by atoms with Gasteiger partial charge in [-0.15, -0.1) is 0 Å². The van der Waals surface area contributed by atoms with Crippen LogP contribution in [-0.4, -0.2) is 43.8 Å². The maximum atomic E-state index is 13.2. The number of benzene rings is 1. The number of aromatic amines is 1. The fraction of sp³-hybridized carbons (Fsp3) is 0.316. The molecular formula is C19H22N4O3. The van der Waals surface area contributed by atoms with Gasteiger partial charge >= 0.3 is 0 Å². The number of aliphatic hydroxyl groups excluding tert-OH is 1. The van der Waals surface area contributed by atoms with E-state index in [1.54, 1.807) is 33.8 Å². The summed E-state index contributed by atoms with van der Waals surface area (Å²) in [6, 6.07) is 7.01. The van der Waals surface area contributed by atoms with Gasteiger partial charge in [-0.05, 0) is 19.9 Å². The molecule has 0 radical (unpaired) electrons. The Labute approximate surface area is 150 Å². The molecule has 26 heavy (non-hydrogen) atoms. The largest absolute Gasteiger partial charge is 0.395 e. The van der Waals surface area contributed by atoms with Gasteiger partial charge in [-0.3, -0.25) is 14.3 Å². The molecule has 2 N–H and O–H groups in total. The zero-order chi connectivity index (χ0) is 18.8. The summed E-state index contributed by atoms with van der Waals surface area (Å²) in [5, 5.41) is 14.9. The van der Waals surface area contributed by atoms with Crippen LogP contribution in [0.3, 0.4) is 0 Å². The number of rotatable bonds is 5. The number of nitrogens with zero attached hydrogens (tertiary/aromatic N) is 3. The zero-order valence-corrected chi connectivity index (χ0v) is 15.1. The quantitative estimate of drug-likeness (QED) is 0.727. The molecule has 2 heterocycles. The molecule has 7 heteroatoms. The number of hydrogen-bond acceptors (Lipinski definition) is 4.